The summed E-state index contributed by atoms with van der Waals surface area (Å²) >= 11 is 7.12. The van der Waals surface area contributed by atoms with Crippen LogP contribution in [0.15, 0.2) is 27.1 Å². The van der Waals surface area contributed by atoms with E-state index in [1.165, 1.54) is 16.5 Å². The van der Waals surface area contributed by atoms with Gasteiger partial charge in [-0.05, 0) is 55.6 Å². The average molecular weight is 349 g/mol. The van der Waals surface area contributed by atoms with Gasteiger partial charge in [0.1, 0.15) is 0 Å². The summed E-state index contributed by atoms with van der Waals surface area (Å²) in [6.07, 6.45) is 2.29. The van der Waals surface area contributed by atoms with E-state index in [0.29, 0.717) is 5.41 Å². The first-order valence-electron chi connectivity index (χ1n) is 5.53. The van der Waals surface area contributed by atoms with Crippen LogP contribution in [-0.4, -0.2) is 13.6 Å². The van der Waals surface area contributed by atoms with Crippen LogP contribution in [0.4, 0.5) is 0 Å². The summed E-state index contributed by atoms with van der Waals surface area (Å²) in [6.45, 7) is 5.66. The van der Waals surface area contributed by atoms with Crippen LogP contribution in [0.25, 0.3) is 0 Å². The molecule has 0 atom stereocenters. The number of hydrogen-bond acceptors (Lipinski definition) is 1. The third-order valence-corrected chi connectivity index (χ3v) is 4.00. The Morgan fingerprint density at radius 1 is 1.25 bits per heavy atom. The topological polar surface area (TPSA) is 12.0 Å². The molecule has 1 rings (SSSR count). The van der Waals surface area contributed by atoms with Crippen LogP contribution >= 0.6 is 31.9 Å². The van der Waals surface area contributed by atoms with Crippen molar-refractivity contribution in [2.75, 3.05) is 13.6 Å². The van der Waals surface area contributed by atoms with E-state index in [9.17, 15) is 0 Å². The van der Waals surface area contributed by atoms with E-state index in [1.807, 2.05) is 7.05 Å². The first kappa shape index (κ1) is 14.2. The average Bonchev–Trinajstić information content (AvgIpc) is 2.19. The predicted molar refractivity (Wildman–Crippen MR) is 77.9 cm³/mol. The maximum atomic E-state index is 3.60. The quantitative estimate of drug-likeness (QED) is 0.832. The molecule has 0 spiro atoms. The Hall–Kier alpha value is 0.140. The van der Waals surface area contributed by atoms with E-state index in [1.54, 1.807) is 0 Å². The lowest BCUT2D eigenvalue weighted by atomic mass is 9.86. The summed E-state index contributed by atoms with van der Waals surface area (Å²) in [6, 6.07) is 6.36. The van der Waals surface area contributed by atoms with Gasteiger partial charge in [-0.1, -0.05) is 45.7 Å². The minimum Gasteiger partial charge on any atom is -0.319 e. The Morgan fingerprint density at radius 2 is 1.94 bits per heavy atom. The molecule has 0 saturated heterocycles. The minimum atomic E-state index is 0.344. The molecule has 0 radical (unpaired) electrons. The molecule has 0 bridgehead atoms. The van der Waals surface area contributed by atoms with Crippen molar-refractivity contribution in [1.29, 1.82) is 0 Å². The van der Waals surface area contributed by atoms with Gasteiger partial charge in [0.05, 0.1) is 0 Å². The molecule has 1 aromatic rings. The minimum absolute atomic E-state index is 0.344. The van der Waals surface area contributed by atoms with Crippen molar-refractivity contribution in [3.8, 4) is 0 Å². The van der Waals surface area contributed by atoms with Gasteiger partial charge in [0.15, 0.2) is 0 Å². The Labute approximate surface area is 115 Å². The maximum absolute atomic E-state index is 3.60. The highest BCUT2D eigenvalue weighted by Gasteiger charge is 2.17. The molecule has 0 amide bonds. The zero-order chi connectivity index (χ0) is 12.2. The van der Waals surface area contributed by atoms with Gasteiger partial charge in [-0.15, -0.1) is 0 Å². The second kappa shape index (κ2) is 6.18. The van der Waals surface area contributed by atoms with Crippen molar-refractivity contribution in [2.24, 2.45) is 5.41 Å². The maximum Gasteiger partial charge on any atom is 0.0208 e. The van der Waals surface area contributed by atoms with Gasteiger partial charge in [0.25, 0.3) is 0 Å². The highest BCUT2D eigenvalue weighted by atomic mass is 79.9. The summed E-state index contributed by atoms with van der Waals surface area (Å²) in [5.74, 6) is 0. The molecule has 0 heterocycles. The number of halogens is 2. The Bertz CT molecular complexity index is 348. The molecule has 0 aliphatic rings. The van der Waals surface area contributed by atoms with Crippen LogP contribution in [0.5, 0.6) is 0 Å². The lowest BCUT2D eigenvalue weighted by Gasteiger charge is -2.24. The van der Waals surface area contributed by atoms with E-state index in [2.05, 4.69) is 69.2 Å². The summed E-state index contributed by atoms with van der Waals surface area (Å²) in [5, 5.41) is 3.25. The molecule has 0 aliphatic heterocycles. The van der Waals surface area contributed by atoms with E-state index < -0.39 is 0 Å². The molecule has 90 valence electrons. The zero-order valence-corrected chi connectivity index (χ0v) is 13.3. The highest BCUT2D eigenvalue weighted by Crippen LogP contribution is 2.27. The predicted octanol–water partition coefficient (Wildman–Crippen LogP) is 4.39. The van der Waals surface area contributed by atoms with Gasteiger partial charge in [-0.3, -0.25) is 0 Å². The molecule has 0 fully saturated rings. The second-order valence-corrected chi connectivity index (χ2v) is 6.70. The lowest BCUT2D eigenvalue weighted by Crippen LogP contribution is -2.27. The largest absolute Gasteiger partial charge is 0.319 e. The first-order valence-corrected chi connectivity index (χ1v) is 7.12. The zero-order valence-electron chi connectivity index (χ0n) is 10.1. The van der Waals surface area contributed by atoms with Crippen molar-refractivity contribution in [2.45, 2.75) is 26.7 Å². The molecule has 0 saturated carbocycles. The molecule has 16 heavy (non-hydrogen) atoms. The normalized spacial score (nSPS) is 11.8. The molecule has 0 aliphatic carbocycles. The number of benzene rings is 1. The van der Waals surface area contributed by atoms with Crippen molar-refractivity contribution < 1.29 is 0 Å². The standard InChI is InChI=1S/C13H19Br2N/c1-13(2,9-16-3)7-6-10-8-11(14)4-5-12(10)15/h4-5,8,16H,6-7,9H2,1-3H3. The van der Waals surface area contributed by atoms with Gasteiger partial charge in [0.2, 0.25) is 0 Å². The molecule has 3 heteroatoms. The summed E-state index contributed by atoms with van der Waals surface area (Å²) in [4.78, 5) is 0. The van der Waals surface area contributed by atoms with Crippen LogP contribution in [0, 0.1) is 5.41 Å². The van der Waals surface area contributed by atoms with Gasteiger partial charge < -0.3 is 5.32 Å². The van der Waals surface area contributed by atoms with Crippen LogP contribution < -0.4 is 5.32 Å². The van der Waals surface area contributed by atoms with Crippen LogP contribution in [0.1, 0.15) is 25.8 Å². The molecular weight excluding hydrogens is 330 g/mol. The molecule has 0 aromatic heterocycles. The number of rotatable bonds is 5. The third-order valence-electron chi connectivity index (χ3n) is 2.73. The number of nitrogens with one attached hydrogen (secondary N) is 1. The van der Waals surface area contributed by atoms with Gasteiger partial charge in [-0.25, -0.2) is 0 Å². The van der Waals surface area contributed by atoms with E-state index >= 15 is 0 Å². The van der Waals surface area contributed by atoms with Crippen molar-refractivity contribution >= 4 is 31.9 Å². The molecule has 1 aromatic carbocycles. The smallest absolute Gasteiger partial charge is 0.0208 e. The van der Waals surface area contributed by atoms with Gasteiger partial charge in [-0.2, -0.15) is 0 Å². The highest BCUT2D eigenvalue weighted by molar-refractivity contribution is 9.11. The molecule has 0 unspecified atom stereocenters. The van der Waals surface area contributed by atoms with E-state index in [4.69, 9.17) is 0 Å². The van der Waals surface area contributed by atoms with Gasteiger partial charge >= 0.3 is 0 Å². The molecule has 1 N–H and O–H groups in total. The van der Waals surface area contributed by atoms with E-state index in [-0.39, 0.29) is 0 Å². The van der Waals surface area contributed by atoms with E-state index in [0.717, 1.165) is 17.4 Å². The van der Waals surface area contributed by atoms with Crippen molar-refractivity contribution in [3.63, 3.8) is 0 Å². The van der Waals surface area contributed by atoms with Crippen LogP contribution in [0.2, 0.25) is 0 Å². The Kier molecular flexibility index (Phi) is 5.48. The van der Waals surface area contributed by atoms with Crippen molar-refractivity contribution in [3.05, 3.63) is 32.7 Å². The fraction of sp³-hybridized carbons (Fsp3) is 0.538. The summed E-state index contributed by atoms with van der Waals surface area (Å²) in [7, 11) is 2.01. The monoisotopic (exact) mass is 347 g/mol. The second-order valence-electron chi connectivity index (χ2n) is 4.93. The summed E-state index contributed by atoms with van der Waals surface area (Å²) in [5.41, 5.74) is 1.72. The molecular formula is C13H19Br2N. The Morgan fingerprint density at radius 3 is 2.56 bits per heavy atom. The fourth-order valence-electron chi connectivity index (χ4n) is 1.77. The lowest BCUT2D eigenvalue weighted by molar-refractivity contribution is 0.324. The fourth-order valence-corrected chi connectivity index (χ4v) is 2.63. The summed E-state index contributed by atoms with van der Waals surface area (Å²) < 4.78 is 2.35. The third kappa shape index (κ3) is 4.56. The van der Waals surface area contributed by atoms with Crippen LogP contribution in [0.3, 0.4) is 0 Å². The first-order chi connectivity index (χ1) is 7.44. The number of hydrogen-bond donors (Lipinski definition) is 1. The number of aryl methyl sites for hydroxylation is 1. The Balaban J connectivity index is 2.63. The van der Waals surface area contributed by atoms with Gasteiger partial charge in [0, 0.05) is 8.95 Å². The molecule has 1 nitrogen and oxygen atoms in total. The SMILES string of the molecule is CNCC(C)(C)CCc1cc(Br)ccc1Br. The van der Waals surface area contributed by atoms with Crippen LogP contribution in [-0.2, 0) is 6.42 Å². The van der Waals surface area contributed by atoms with Crippen molar-refractivity contribution in [1.82, 2.24) is 5.32 Å².